The number of thiophene rings is 1. The van der Waals surface area contributed by atoms with Crippen LogP contribution in [-0.4, -0.2) is 31.6 Å². The molecular formula is C17H18BrNO3S2. The molecule has 2 aromatic rings. The third kappa shape index (κ3) is 4.42. The molecule has 7 heteroatoms. The first-order valence-corrected chi connectivity index (χ1v) is 10.6. The molecule has 1 aromatic carbocycles. The number of benzene rings is 1. The van der Waals surface area contributed by atoms with Crippen LogP contribution in [0.15, 0.2) is 50.5 Å². The number of halogens is 1. The molecule has 128 valence electrons. The van der Waals surface area contributed by atoms with Gasteiger partial charge in [-0.25, -0.2) is 8.42 Å². The molecule has 0 bridgehead atoms. The maximum atomic E-state index is 12.4. The van der Waals surface area contributed by atoms with E-state index in [1.807, 2.05) is 11.4 Å². The van der Waals surface area contributed by atoms with Crippen LogP contribution in [0.2, 0.25) is 0 Å². The number of sulfonamides is 1. The predicted molar refractivity (Wildman–Crippen MR) is 102 cm³/mol. The first-order valence-electron chi connectivity index (χ1n) is 7.45. The highest BCUT2D eigenvalue weighted by Crippen LogP contribution is 2.22. The van der Waals surface area contributed by atoms with Gasteiger partial charge in [-0.1, -0.05) is 19.9 Å². The van der Waals surface area contributed by atoms with Gasteiger partial charge in [-0.3, -0.25) is 4.79 Å². The van der Waals surface area contributed by atoms with E-state index in [1.165, 1.54) is 22.5 Å². The molecule has 0 N–H and O–H groups in total. The molecule has 0 saturated heterocycles. The highest BCUT2D eigenvalue weighted by molar-refractivity contribution is 9.11. The summed E-state index contributed by atoms with van der Waals surface area (Å²) in [4.78, 5) is 12.4. The Morgan fingerprint density at radius 2 is 1.83 bits per heavy atom. The molecular weight excluding hydrogens is 410 g/mol. The average molecular weight is 428 g/mol. The Labute approximate surface area is 155 Å². The van der Waals surface area contributed by atoms with Crippen LogP contribution in [0, 0.1) is 0 Å². The van der Waals surface area contributed by atoms with Crippen LogP contribution in [0.5, 0.6) is 0 Å². The predicted octanol–water partition coefficient (Wildman–Crippen LogP) is 4.44. The second kappa shape index (κ2) is 8.20. The molecule has 4 nitrogen and oxygen atoms in total. The summed E-state index contributed by atoms with van der Waals surface area (Å²) >= 11 is 4.92. The van der Waals surface area contributed by atoms with Crippen molar-refractivity contribution in [3.05, 3.63) is 56.7 Å². The van der Waals surface area contributed by atoms with E-state index in [4.69, 9.17) is 0 Å². The molecule has 0 radical (unpaired) electrons. The SMILES string of the molecule is CCN(CC)S(=O)(=O)c1ccc(C(=O)/C=C/c2csc(Br)c2)cc1. The zero-order valence-electron chi connectivity index (χ0n) is 13.4. The lowest BCUT2D eigenvalue weighted by Gasteiger charge is -2.18. The van der Waals surface area contributed by atoms with Crippen LogP contribution in [0.4, 0.5) is 0 Å². The van der Waals surface area contributed by atoms with Gasteiger partial charge >= 0.3 is 0 Å². The molecule has 1 aromatic heterocycles. The fourth-order valence-corrected chi connectivity index (χ4v) is 4.78. The number of nitrogens with zero attached hydrogens (tertiary/aromatic N) is 1. The van der Waals surface area contributed by atoms with Crippen molar-refractivity contribution in [1.29, 1.82) is 0 Å². The summed E-state index contributed by atoms with van der Waals surface area (Å²) in [7, 11) is -3.50. The molecule has 0 amide bonds. The van der Waals surface area contributed by atoms with Gasteiger partial charge in [0.05, 0.1) is 8.68 Å². The van der Waals surface area contributed by atoms with Crippen molar-refractivity contribution in [2.75, 3.05) is 13.1 Å². The second-order valence-corrected chi connectivity index (χ2v) is 9.22. The summed E-state index contributed by atoms with van der Waals surface area (Å²) in [6.45, 7) is 4.43. The molecule has 0 saturated carbocycles. The van der Waals surface area contributed by atoms with E-state index in [-0.39, 0.29) is 10.7 Å². The van der Waals surface area contributed by atoms with Crippen LogP contribution >= 0.6 is 27.3 Å². The van der Waals surface area contributed by atoms with Crippen molar-refractivity contribution in [2.24, 2.45) is 0 Å². The normalized spacial score (nSPS) is 12.2. The van der Waals surface area contributed by atoms with E-state index in [1.54, 1.807) is 43.4 Å². The van der Waals surface area contributed by atoms with Crippen LogP contribution in [0.3, 0.4) is 0 Å². The zero-order valence-corrected chi connectivity index (χ0v) is 16.6. The Bertz CT molecular complexity index is 835. The summed E-state index contributed by atoms with van der Waals surface area (Å²) in [5.74, 6) is -0.163. The molecule has 0 unspecified atom stereocenters. The molecule has 0 aliphatic heterocycles. The third-order valence-electron chi connectivity index (χ3n) is 3.50. The summed E-state index contributed by atoms with van der Waals surface area (Å²) in [5, 5.41) is 1.94. The van der Waals surface area contributed by atoms with E-state index in [0.29, 0.717) is 18.7 Å². The van der Waals surface area contributed by atoms with E-state index >= 15 is 0 Å². The first-order chi connectivity index (χ1) is 11.4. The molecule has 2 rings (SSSR count). The molecule has 0 aliphatic rings. The van der Waals surface area contributed by atoms with E-state index in [0.717, 1.165) is 9.35 Å². The van der Waals surface area contributed by atoms with Gasteiger partial charge < -0.3 is 0 Å². The maximum absolute atomic E-state index is 12.4. The van der Waals surface area contributed by atoms with Gasteiger partial charge in [0.15, 0.2) is 5.78 Å². The Morgan fingerprint density at radius 3 is 2.33 bits per heavy atom. The van der Waals surface area contributed by atoms with Gasteiger partial charge in [0, 0.05) is 18.7 Å². The Balaban J connectivity index is 2.17. The standard InChI is InChI=1S/C17H18BrNO3S2/c1-3-19(4-2)24(21,22)15-8-6-14(7-9-15)16(20)10-5-13-11-17(18)23-12-13/h5-12H,3-4H2,1-2H3/b10-5+. The summed E-state index contributed by atoms with van der Waals surface area (Å²) in [5.41, 5.74) is 1.40. The first kappa shape index (κ1) is 19.1. The molecule has 24 heavy (non-hydrogen) atoms. The van der Waals surface area contributed by atoms with Gasteiger partial charge in [-0.15, -0.1) is 11.3 Å². The van der Waals surface area contributed by atoms with E-state index in [9.17, 15) is 13.2 Å². The van der Waals surface area contributed by atoms with E-state index < -0.39 is 10.0 Å². The highest BCUT2D eigenvalue weighted by Gasteiger charge is 2.21. The van der Waals surface area contributed by atoms with Crippen LogP contribution < -0.4 is 0 Å². The number of hydrogen-bond acceptors (Lipinski definition) is 4. The van der Waals surface area contributed by atoms with Gasteiger partial charge in [-0.2, -0.15) is 4.31 Å². The molecule has 0 atom stereocenters. The Kier molecular flexibility index (Phi) is 6.51. The Morgan fingerprint density at radius 1 is 1.21 bits per heavy atom. The van der Waals surface area contributed by atoms with Crippen molar-refractivity contribution in [3.63, 3.8) is 0 Å². The molecule has 0 aliphatic carbocycles. The number of carbonyl (C=O) groups is 1. The van der Waals surface area contributed by atoms with Crippen molar-refractivity contribution < 1.29 is 13.2 Å². The smallest absolute Gasteiger partial charge is 0.243 e. The van der Waals surface area contributed by atoms with Gasteiger partial charge in [-0.05, 0) is 63.3 Å². The highest BCUT2D eigenvalue weighted by atomic mass is 79.9. The molecule has 0 spiro atoms. The van der Waals surface area contributed by atoms with Gasteiger partial charge in [0.2, 0.25) is 10.0 Å². The summed E-state index contributed by atoms with van der Waals surface area (Å²) in [6.07, 6.45) is 3.23. The van der Waals surface area contributed by atoms with Gasteiger partial charge in [0.1, 0.15) is 0 Å². The number of hydrogen-bond donors (Lipinski definition) is 0. The maximum Gasteiger partial charge on any atom is 0.243 e. The quantitative estimate of drug-likeness (QED) is 0.484. The largest absolute Gasteiger partial charge is 0.289 e. The third-order valence-corrected chi connectivity index (χ3v) is 7.08. The summed E-state index contributed by atoms with van der Waals surface area (Å²) in [6, 6.07) is 7.99. The second-order valence-electron chi connectivity index (χ2n) is 5.00. The number of ketones is 1. The minimum atomic E-state index is -3.50. The number of carbonyl (C=O) groups excluding carboxylic acids is 1. The number of rotatable bonds is 7. The lowest BCUT2D eigenvalue weighted by molar-refractivity contribution is 0.104. The van der Waals surface area contributed by atoms with Crippen LogP contribution in [-0.2, 0) is 10.0 Å². The lowest BCUT2D eigenvalue weighted by Crippen LogP contribution is -2.30. The monoisotopic (exact) mass is 427 g/mol. The molecule has 0 fully saturated rings. The zero-order chi connectivity index (χ0) is 17.7. The number of allylic oxidation sites excluding steroid dienone is 1. The minimum Gasteiger partial charge on any atom is -0.289 e. The van der Waals surface area contributed by atoms with Crippen LogP contribution in [0.1, 0.15) is 29.8 Å². The summed E-state index contributed by atoms with van der Waals surface area (Å²) < 4.78 is 27.2. The molecule has 1 heterocycles. The lowest BCUT2D eigenvalue weighted by atomic mass is 10.1. The van der Waals surface area contributed by atoms with Gasteiger partial charge in [0.25, 0.3) is 0 Å². The van der Waals surface area contributed by atoms with Crippen molar-refractivity contribution >= 4 is 49.1 Å². The topological polar surface area (TPSA) is 54.5 Å². The van der Waals surface area contributed by atoms with Crippen molar-refractivity contribution in [3.8, 4) is 0 Å². The fraction of sp³-hybridized carbons (Fsp3) is 0.235. The van der Waals surface area contributed by atoms with Crippen LogP contribution in [0.25, 0.3) is 6.08 Å². The van der Waals surface area contributed by atoms with E-state index in [2.05, 4.69) is 15.9 Å². The van der Waals surface area contributed by atoms with Crippen molar-refractivity contribution in [2.45, 2.75) is 18.7 Å². The van der Waals surface area contributed by atoms with Crippen molar-refractivity contribution in [1.82, 2.24) is 4.31 Å². The Hall–Kier alpha value is -1.28. The average Bonchev–Trinajstić information content (AvgIpc) is 2.99. The minimum absolute atomic E-state index is 0.163. The fourth-order valence-electron chi connectivity index (χ4n) is 2.18.